The lowest BCUT2D eigenvalue weighted by molar-refractivity contribution is -0.122. The number of H-pyrrole nitrogens is 1. The Kier molecular flexibility index (Phi) is 4.99. The number of halogens is 1. The van der Waals surface area contributed by atoms with Crippen LogP contribution in [0.25, 0.3) is 0 Å². The van der Waals surface area contributed by atoms with E-state index in [4.69, 9.17) is 0 Å². The number of rotatable bonds is 6. The summed E-state index contributed by atoms with van der Waals surface area (Å²) in [5.74, 6) is -0.178. The smallest absolute Gasteiger partial charge is 0.221 e. The van der Waals surface area contributed by atoms with Crippen LogP contribution in [0.4, 0.5) is 4.39 Å². The first-order valence-electron chi connectivity index (χ1n) is 6.61. The van der Waals surface area contributed by atoms with Crippen molar-refractivity contribution in [2.75, 3.05) is 6.61 Å². The number of hydrogen-bond donors (Lipinski definition) is 3. The lowest BCUT2D eigenvalue weighted by Crippen LogP contribution is -2.32. The average molecular weight is 292 g/mol. The van der Waals surface area contributed by atoms with Crippen LogP contribution >= 0.6 is 0 Å². The number of amides is 1. The number of hydrogen-bond acceptors (Lipinski definition) is 4. The molecule has 2 rings (SSSR count). The van der Waals surface area contributed by atoms with Crippen molar-refractivity contribution in [1.29, 1.82) is 0 Å². The zero-order valence-electron chi connectivity index (χ0n) is 11.6. The van der Waals surface area contributed by atoms with Crippen LogP contribution in [0.2, 0.25) is 0 Å². The van der Waals surface area contributed by atoms with E-state index in [1.54, 1.807) is 12.1 Å². The molecule has 1 aromatic heterocycles. The number of carbonyl (C=O) groups excluding carboxylic acids is 1. The van der Waals surface area contributed by atoms with Crippen LogP contribution in [0.1, 0.15) is 36.7 Å². The van der Waals surface area contributed by atoms with Crippen molar-refractivity contribution < 1.29 is 14.3 Å². The Labute approximate surface area is 121 Å². The van der Waals surface area contributed by atoms with Gasteiger partial charge in [0.25, 0.3) is 0 Å². The zero-order valence-corrected chi connectivity index (χ0v) is 11.6. The minimum atomic E-state index is -0.611. The van der Waals surface area contributed by atoms with Gasteiger partial charge in [-0.15, -0.1) is 0 Å². The molecule has 2 atom stereocenters. The summed E-state index contributed by atoms with van der Waals surface area (Å²) < 4.78 is 12.9. The summed E-state index contributed by atoms with van der Waals surface area (Å²) in [6, 6.07) is 5.45. The van der Waals surface area contributed by atoms with Crippen molar-refractivity contribution in [3.8, 4) is 0 Å². The van der Waals surface area contributed by atoms with Gasteiger partial charge >= 0.3 is 0 Å². The second-order valence-corrected chi connectivity index (χ2v) is 4.83. The number of carbonyl (C=O) groups is 1. The van der Waals surface area contributed by atoms with Gasteiger partial charge in [-0.1, -0.05) is 19.1 Å². The molecular formula is C14H17FN4O2. The molecule has 3 N–H and O–H groups in total. The third kappa shape index (κ3) is 4.09. The van der Waals surface area contributed by atoms with E-state index in [-0.39, 0.29) is 30.7 Å². The van der Waals surface area contributed by atoms with Crippen LogP contribution in [0.5, 0.6) is 0 Å². The number of aliphatic hydroxyl groups is 1. The monoisotopic (exact) mass is 292 g/mol. The van der Waals surface area contributed by atoms with E-state index >= 15 is 0 Å². The molecule has 1 heterocycles. The first kappa shape index (κ1) is 15.1. The van der Waals surface area contributed by atoms with Crippen molar-refractivity contribution in [2.24, 2.45) is 0 Å². The summed E-state index contributed by atoms with van der Waals surface area (Å²) >= 11 is 0. The molecule has 112 valence electrons. The molecule has 2 aromatic rings. The SMILES string of the molecule is CC(CC(=O)N[C@H](CO)c1ncn[nH]1)c1ccc(F)cc1. The molecule has 0 radical (unpaired) electrons. The maximum absolute atomic E-state index is 12.9. The molecule has 0 bridgehead atoms. The number of benzene rings is 1. The van der Waals surface area contributed by atoms with E-state index < -0.39 is 6.04 Å². The van der Waals surface area contributed by atoms with Crippen LogP contribution in [0.15, 0.2) is 30.6 Å². The van der Waals surface area contributed by atoms with Gasteiger partial charge in [0.2, 0.25) is 5.91 Å². The Bertz CT molecular complexity index is 571. The molecule has 0 saturated carbocycles. The van der Waals surface area contributed by atoms with Gasteiger partial charge in [-0.3, -0.25) is 9.89 Å². The van der Waals surface area contributed by atoms with E-state index in [9.17, 15) is 14.3 Å². The van der Waals surface area contributed by atoms with Crippen LogP contribution in [0, 0.1) is 5.82 Å². The van der Waals surface area contributed by atoms with Gasteiger partial charge in [-0.2, -0.15) is 5.10 Å². The summed E-state index contributed by atoms with van der Waals surface area (Å²) in [6.45, 7) is 1.61. The second-order valence-electron chi connectivity index (χ2n) is 4.83. The molecule has 0 fully saturated rings. The minimum absolute atomic E-state index is 0.0559. The molecule has 21 heavy (non-hydrogen) atoms. The Morgan fingerprint density at radius 1 is 1.43 bits per heavy atom. The fourth-order valence-electron chi connectivity index (χ4n) is 2.02. The highest BCUT2D eigenvalue weighted by molar-refractivity contribution is 5.77. The van der Waals surface area contributed by atoms with Crippen LogP contribution in [-0.4, -0.2) is 32.8 Å². The predicted octanol–water partition coefficient (Wildman–Crippen LogP) is 1.29. The van der Waals surface area contributed by atoms with Gasteiger partial charge in [0.05, 0.1) is 6.61 Å². The first-order valence-corrected chi connectivity index (χ1v) is 6.61. The third-order valence-electron chi connectivity index (χ3n) is 3.21. The van der Waals surface area contributed by atoms with E-state index in [0.717, 1.165) is 5.56 Å². The topological polar surface area (TPSA) is 90.9 Å². The second kappa shape index (κ2) is 6.94. The highest BCUT2D eigenvalue weighted by Gasteiger charge is 2.18. The fraction of sp³-hybridized carbons (Fsp3) is 0.357. The van der Waals surface area contributed by atoms with Crippen molar-refractivity contribution in [3.63, 3.8) is 0 Å². The van der Waals surface area contributed by atoms with E-state index in [1.807, 2.05) is 6.92 Å². The number of nitrogens with zero attached hydrogens (tertiary/aromatic N) is 2. The largest absolute Gasteiger partial charge is 0.394 e. The summed E-state index contributed by atoms with van der Waals surface area (Å²) in [5.41, 5.74) is 0.881. The highest BCUT2D eigenvalue weighted by atomic mass is 19.1. The van der Waals surface area contributed by atoms with Crippen LogP contribution < -0.4 is 5.32 Å². The number of aromatic nitrogens is 3. The Morgan fingerprint density at radius 3 is 2.71 bits per heavy atom. The van der Waals surface area contributed by atoms with Crippen molar-refractivity contribution in [2.45, 2.75) is 25.3 Å². The Balaban J connectivity index is 1.93. The number of aromatic amines is 1. The minimum Gasteiger partial charge on any atom is -0.394 e. The van der Waals surface area contributed by atoms with Gasteiger partial charge in [-0.25, -0.2) is 9.37 Å². The van der Waals surface area contributed by atoms with Gasteiger partial charge in [0, 0.05) is 6.42 Å². The van der Waals surface area contributed by atoms with Gasteiger partial charge < -0.3 is 10.4 Å². The Morgan fingerprint density at radius 2 is 2.14 bits per heavy atom. The summed E-state index contributed by atoms with van der Waals surface area (Å²) in [4.78, 5) is 15.9. The fourth-order valence-corrected chi connectivity index (χ4v) is 2.02. The molecule has 0 aliphatic carbocycles. The standard InChI is InChI=1S/C14H17FN4O2/c1-9(10-2-4-11(15)5-3-10)6-13(21)18-12(7-20)14-16-8-17-19-14/h2-5,8-9,12,20H,6-7H2,1H3,(H,18,21)(H,16,17,19)/t9?,12-/m1/s1. The quantitative estimate of drug-likeness (QED) is 0.748. The maximum atomic E-state index is 12.9. The normalized spacial score (nSPS) is 13.7. The van der Waals surface area contributed by atoms with E-state index in [0.29, 0.717) is 5.82 Å². The van der Waals surface area contributed by atoms with E-state index in [2.05, 4.69) is 20.5 Å². The lowest BCUT2D eigenvalue weighted by atomic mass is 9.97. The number of nitrogens with one attached hydrogen (secondary N) is 2. The predicted molar refractivity (Wildman–Crippen MR) is 73.8 cm³/mol. The molecular weight excluding hydrogens is 275 g/mol. The molecule has 1 amide bonds. The summed E-state index contributed by atoms with van der Waals surface area (Å²) in [6.07, 6.45) is 1.54. The molecule has 1 aromatic carbocycles. The van der Waals surface area contributed by atoms with E-state index in [1.165, 1.54) is 18.5 Å². The Hall–Kier alpha value is -2.28. The molecule has 0 aliphatic rings. The van der Waals surface area contributed by atoms with Gasteiger partial charge in [-0.05, 0) is 23.6 Å². The molecule has 0 spiro atoms. The van der Waals surface area contributed by atoms with Gasteiger partial charge in [0.15, 0.2) is 0 Å². The lowest BCUT2D eigenvalue weighted by Gasteiger charge is -2.16. The van der Waals surface area contributed by atoms with Crippen molar-refractivity contribution in [1.82, 2.24) is 20.5 Å². The first-order chi connectivity index (χ1) is 10.1. The van der Waals surface area contributed by atoms with Gasteiger partial charge in [0.1, 0.15) is 24.0 Å². The maximum Gasteiger partial charge on any atom is 0.221 e. The highest BCUT2D eigenvalue weighted by Crippen LogP contribution is 2.19. The summed E-state index contributed by atoms with van der Waals surface area (Å²) in [7, 11) is 0. The molecule has 0 aliphatic heterocycles. The molecule has 6 nitrogen and oxygen atoms in total. The third-order valence-corrected chi connectivity index (χ3v) is 3.21. The van der Waals surface area contributed by atoms with Crippen molar-refractivity contribution in [3.05, 3.63) is 47.8 Å². The zero-order chi connectivity index (χ0) is 15.2. The average Bonchev–Trinajstić information content (AvgIpc) is 2.99. The molecule has 0 saturated heterocycles. The van der Waals surface area contributed by atoms with Crippen molar-refractivity contribution >= 4 is 5.91 Å². The summed E-state index contributed by atoms with van der Waals surface area (Å²) in [5, 5.41) is 18.3. The number of aliphatic hydroxyl groups excluding tert-OH is 1. The van der Waals surface area contributed by atoms with Crippen LogP contribution in [0.3, 0.4) is 0 Å². The molecule has 1 unspecified atom stereocenters. The van der Waals surface area contributed by atoms with Crippen LogP contribution in [-0.2, 0) is 4.79 Å². The molecule has 7 heteroatoms.